The average molecular weight is 216 g/mol. The summed E-state index contributed by atoms with van der Waals surface area (Å²) >= 11 is 0. The third-order valence-corrected chi connectivity index (χ3v) is 2.94. The van der Waals surface area contributed by atoms with E-state index in [4.69, 9.17) is 18.9 Å². The number of ether oxygens (including phenoxy) is 4. The van der Waals surface area contributed by atoms with Crippen LogP contribution >= 0.6 is 0 Å². The van der Waals surface area contributed by atoms with E-state index in [1.54, 1.807) is 0 Å². The summed E-state index contributed by atoms with van der Waals surface area (Å²) in [6.07, 6.45) is 2.87. The molecular formula is C11H20O4. The van der Waals surface area contributed by atoms with E-state index in [-0.39, 0.29) is 6.29 Å². The molecule has 0 aromatic carbocycles. The molecule has 15 heavy (non-hydrogen) atoms. The van der Waals surface area contributed by atoms with Gasteiger partial charge in [0.2, 0.25) is 0 Å². The predicted molar refractivity (Wildman–Crippen MR) is 54.4 cm³/mol. The van der Waals surface area contributed by atoms with E-state index < -0.39 is 5.79 Å². The van der Waals surface area contributed by atoms with E-state index in [0.29, 0.717) is 19.3 Å². The summed E-state index contributed by atoms with van der Waals surface area (Å²) in [6.45, 7) is 6.24. The standard InChI is InChI=1S/C11H20O4/c1-9-4-6-12-10(15-9)3-5-11(2)13-7-8-14-11/h9-10H,3-8H2,1-2H3. The first-order valence-corrected chi connectivity index (χ1v) is 5.73. The smallest absolute Gasteiger partial charge is 0.165 e. The molecule has 0 N–H and O–H groups in total. The SMILES string of the molecule is CC1CCOC(CCC2(C)OCCO2)O1. The van der Waals surface area contributed by atoms with Crippen molar-refractivity contribution >= 4 is 0 Å². The Hall–Kier alpha value is -0.160. The lowest BCUT2D eigenvalue weighted by Gasteiger charge is -2.30. The highest BCUT2D eigenvalue weighted by Gasteiger charge is 2.32. The largest absolute Gasteiger partial charge is 0.353 e. The predicted octanol–water partition coefficient (Wildman–Crippen LogP) is 1.68. The molecule has 4 nitrogen and oxygen atoms in total. The van der Waals surface area contributed by atoms with Gasteiger partial charge in [0.05, 0.1) is 25.9 Å². The summed E-state index contributed by atoms with van der Waals surface area (Å²) in [5.74, 6) is -0.423. The molecule has 0 amide bonds. The minimum Gasteiger partial charge on any atom is -0.353 e. The van der Waals surface area contributed by atoms with E-state index in [2.05, 4.69) is 6.92 Å². The second-order valence-electron chi connectivity index (χ2n) is 4.41. The van der Waals surface area contributed by atoms with Crippen molar-refractivity contribution in [2.75, 3.05) is 19.8 Å². The summed E-state index contributed by atoms with van der Waals surface area (Å²) in [5, 5.41) is 0. The summed E-state index contributed by atoms with van der Waals surface area (Å²) in [7, 11) is 0. The average Bonchev–Trinajstić information content (AvgIpc) is 2.63. The van der Waals surface area contributed by atoms with Gasteiger partial charge in [-0.05, 0) is 20.3 Å². The van der Waals surface area contributed by atoms with Gasteiger partial charge in [-0.25, -0.2) is 0 Å². The fraction of sp³-hybridized carbons (Fsp3) is 1.00. The zero-order chi connectivity index (χ0) is 10.7. The maximum atomic E-state index is 5.66. The summed E-state index contributed by atoms with van der Waals surface area (Å²) in [4.78, 5) is 0. The molecule has 88 valence electrons. The van der Waals surface area contributed by atoms with Gasteiger partial charge in [0.25, 0.3) is 0 Å². The van der Waals surface area contributed by atoms with Gasteiger partial charge in [0, 0.05) is 12.8 Å². The maximum Gasteiger partial charge on any atom is 0.165 e. The summed E-state index contributed by atoms with van der Waals surface area (Å²) in [5.41, 5.74) is 0. The van der Waals surface area contributed by atoms with Gasteiger partial charge in [0.15, 0.2) is 12.1 Å². The van der Waals surface area contributed by atoms with Crippen molar-refractivity contribution in [3.63, 3.8) is 0 Å². The molecule has 2 fully saturated rings. The Balaban J connectivity index is 1.72. The van der Waals surface area contributed by atoms with Crippen LogP contribution in [0.2, 0.25) is 0 Å². The third-order valence-electron chi connectivity index (χ3n) is 2.94. The van der Waals surface area contributed by atoms with Crippen molar-refractivity contribution in [1.29, 1.82) is 0 Å². The molecule has 2 aliphatic heterocycles. The first-order valence-electron chi connectivity index (χ1n) is 5.73. The van der Waals surface area contributed by atoms with E-state index in [1.165, 1.54) is 0 Å². The molecule has 0 aromatic rings. The lowest BCUT2D eigenvalue weighted by molar-refractivity contribution is -0.224. The molecule has 2 unspecified atom stereocenters. The van der Waals surface area contributed by atoms with E-state index >= 15 is 0 Å². The first-order chi connectivity index (χ1) is 7.18. The zero-order valence-electron chi connectivity index (χ0n) is 9.53. The summed E-state index contributed by atoms with van der Waals surface area (Å²) in [6, 6.07) is 0. The van der Waals surface area contributed by atoms with Crippen molar-refractivity contribution in [2.24, 2.45) is 0 Å². The molecule has 0 saturated carbocycles. The molecular weight excluding hydrogens is 196 g/mol. The Morgan fingerprint density at radius 1 is 1.20 bits per heavy atom. The van der Waals surface area contributed by atoms with Gasteiger partial charge in [0.1, 0.15) is 0 Å². The van der Waals surface area contributed by atoms with Gasteiger partial charge in [-0.2, -0.15) is 0 Å². The van der Waals surface area contributed by atoms with Crippen molar-refractivity contribution in [1.82, 2.24) is 0 Å². The quantitative estimate of drug-likeness (QED) is 0.719. The highest BCUT2D eigenvalue weighted by atomic mass is 16.7. The van der Waals surface area contributed by atoms with Crippen molar-refractivity contribution in [2.45, 2.75) is 51.3 Å². The number of hydrogen-bond acceptors (Lipinski definition) is 4. The summed E-state index contributed by atoms with van der Waals surface area (Å²) < 4.78 is 22.2. The van der Waals surface area contributed by atoms with Crippen LogP contribution in [0.25, 0.3) is 0 Å². The Kier molecular flexibility index (Phi) is 3.61. The van der Waals surface area contributed by atoms with Crippen molar-refractivity contribution < 1.29 is 18.9 Å². The molecule has 2 atom stereocenters. The monoisotopic (exact) mass is 216 g/mol. The van der Waals surface area contributed by atoms with Crippen LogP contribution in [-0.2, 0) is 18.9 Å². The fourth-order valence-corrected chi connectivity index (χ4v) is 1.96. The highest BCUT2D eigenvalue weighted by molar-refractivity contribution is 4.70. The van der Waals surface area contributed by atoms with Crippen LogP contribution in [-0.4, -0.2) is 38.0 Å². The topological polar surface area (TPSA) is 36.9 Å². The molecule has 0 aliphatic carbocycles. The lowest BCUT2D eigenvalue weighted by atomic mass is 10.1. The van der Waals surface area contributed by atoms with Crippen LogP contribution in [0.5, 0.6) is 0 Å². The lowest BCUT2D eigenvalue weighted by Crippen LogP contribution is -2.33. The van der Waals surface area contributed by atoms with E-state index in [9.17, 15) is 0 Å². The second-order valence-corrected chi connectivity index (χ2v) is 4.41. The normalized spacial score (nSPS) is 35.6. The Morgan fingerprint density at radius 2 is 1.93 bits per heavy atom. The van der Waals surface area contributed by atoms with Crippen LogP contribution in [0.1, 0.15) is 33.1 Å². The minimum atomic E-state index is -0.423. The molecule has 2 rings (SSSR count). The van der Waals surface area contributed by atoms with Gasteiger partial charge < -0.3 is 18.9 Å². The number of rotatable bonds is 3. The Morgan fingerprint density at radius 3 is 2.60 bits per heavy atom. The fourth-order valence-electron chi connectivity index (χ4n) is 1.96. The van der Waals surface area contributed by atoms with Crippen LogP contribution in [0.4, 0.5) is 0 Å². The van der Waals surface area contributed by atoms with Gasteiger partial charge >= 0.3 is 0 Å². The molecule has 2 aliphatic rings. The van der Waals surface area contributed by atoms with Crippen LogP contribution in [0.15, 0.2) is 0 Å². The number of hydrogen-bond donors (Lipinski definition) is 0. The molecule has 0 aromatic heterocycles. The Bertz CT molecular complexity index is 201. The Labute approximate surface area is 90.8 Å². The van der Waals surface area contributed by atoms with Crippen LogP contribution < -0.4 is 0 Å². The highest BCUT2D eigenvalue weighted by Crippen LogP contribution is 2.26. The van der Waals surface area contributed by atoms with E-state index in [1.807, 2.05) is 6.92 Å². The molecule has 0 bridgehead atoms. The van der Waals surface area contributed by atoms with Gasteiger partial charge in [-0.15, -0.1) is 0 Å². The van der Waals surface area contributed by atoms with Crippen molar-refractivity contribution in [3.8, 4) is 0 Å². The van der Waals surface area contributed by atoms with Crippen LogP contribution in [0, 0.1) is 0 Å². The molecule has 2 heterocycles. The maximum absolute atomic E-state index is 5.66. The third kappa shape index (κ3) is 3.14. The molecule has 0 spiro atoms. The van der Waals surface area contributed by atoms with Gasteiger partial charge in [-0.1, -0.05) is 0 Å². The molecule has 2 saturated heterocycles. The molecule has 0 radical (unpaired) electrons. The molecule has 4 heteroatoms. The minimum absolute atomic E-state index is 0.0848. The zero-order valence-corrected chi connectivity index (χ0v) is 9.53. The first kappa shape index (κ1) is 11.3. The van der Waals surface area contributed by atoms with Gasteiger partial charge in [-0.3, -0.25) is 0 Å². The second kappa shape index (κ2) is 4.78. The van der Waals surface area contributed by atoms with Crippen molar-refractivity contribution in [3.05, 3.63) is 0 Å². The van der Waals surface area contributed by atoms with Crippen LogP contribution in [0.3, 0.4) is 0 Å². The van der Waals surface area contributed by atoms with E-state index in [0.717, 1.165) is 25.9 Å².